The number of fused-ring (bicyclic) bond motifs is 1. The fourth-order valence-electron chi connectivity index (χ4n) is 5.81. The highest BCUT2D eigenvalue weighted by molar-refractivity contribution is 5.73. The van der Waals surface area contributed by atoms with Crippen molar-refractivity contribution in [3.63, 3.8) is 0 Å². The first-order valence-corrected chi connectivity index (χ1v) is 13.6. The Morgan fingerprint density at radius 2 is 1.82 bits per heavy atom. The van der Waals surface area contributed by atoms with Gasteiger partial charge in [0.15, 0.2) is 12.6 Å². The predicted octanol–water partition coefficient (Wildman–Crippen LogP) is 6.11. The summed E-state index contributed by atoms with van der Waals surface area (Å²) in [6.07, 6.45) is 4.09. The number of hydrogen-bond donors (Lipinski definition) is 0. The Kier molecular flexibility index (Phi) is 8.50. The van der Waals surface area contributed by atoms with Gasteiger partial charge in [0.2, 0.25) is 5.79 Å². The van der Waals surface area contributed by atoms with Gasteiger partial charge in [0.25, 0.3) is 0 Å². The standard InChI is InChI=1S/C28H35F3O7/c29-28(30,31)19-7-5-8-20(17-19)33-16-6-9-23(36-25-10-1-3-14-34-25)21-12-13-27(22(21)18-24(32)37-27)38-26-11-2-4-15-35-26/h5,7-9,17,21-22,25-26H,1-4,6,10-16,18H2/b23-9+/t21-,22+,25?,26?,27+/m1/s1. The van der Waals surface area contributed by atoms with Crippen LogP contribution >= 0.6 is 0 Å². The van der Waals surface area contributed by atoms with Gasteiger partial charge < -0.3 is 28.4 Å². The van der Waals surface area contributed by atoms with Gasteiger partial charge in [0, 0.05) is 37.7 Å². The lowest BCUT2D eigenvalue weighted by Gasteiger charge is -2.35. The number of rotatable bonds is 9. The summed E-state index contributed by atoms with van der Waals surface area (Å²) in [5, 5.41) is 0. The quantitative estimate of drug-likeness (QED) is 0.212. The SMILES string of the molecule is O=C1C[C@H]2[C@H](/C(=C\CCOc3cccc(C(F)(F)F)c3)OC3CCCCO3)CC[C@@]2(OC2CCCCO2)O1. The van der Waals surface area contributed by atoms with Gasteiger partial charge in [-0.05, 0) is 62.8 Å². The van der Waals surface area contributed by atoms with Crippen LogP contribution in [0, 0.1) is 11.8 Å². The van der Waals surface area contributed by atoms with Gasteiger partial charge in [-0.3, -0.25) is 4.79 Å². The lowest BCUT2D eigenvalue weighted by atomic mass is 9.89. The molecule has 4 aliphatic rings. The monoisotopic (exact) mass is 540 g/mol. The molecule has 2 unspecified atom stereocenters. The third-order valence-corrected chi connectivity index (χ3v) is 7.66. The second-order valence-corrected chi connectivity index (χ2v) is 10.3. The highest BCUT2D eigenvalue weighted by atomic mass is 19.4. The summed E-state index contributed by atoms with van der Waals surface area (Å²) < 4.78 is 74.8. The van der Waals surface area contributed by atoms with Crippen molar-refractivity contribution in [1.29, 1.82) is 0 Å². The Morgan fingerprint density at radius 1 is 1.05 bits per heavy atom. The fraction of sp³-hybridized carbons (Fsp3) is 0.679. The molecule has 1 aromatic carbocycles. The van der Waals surface area contributed by atoms with Crippen LogP contribution in [-0.4, -0.2) is 44.2 Å². The van der Waals surface area contributed by atoms with E-state index < -0.39 is 23.8 Å². The molecule has 0 N–H and O–H groups in total. The third-order valence-electron chi connectivity index (χ3n) is 7.66. The van der Waals surface area contributed by atoms with Crippen LogP contribution in [0.1, 0.15) is 69.8 Å². The summed E-state index contributed by atoms with van der Waals surface area (Å²) >= 11 is 0. The lowest BCUT2D eigenvalue weighted by molar-refractivity contribution is -0.303. The molecular weight excluding hydrogens is 505 g/mol. The molecule has 3 heterocycles. The largest absolute Gasteiger partial charge is 0.493 e. The molecule has 210 valence electrons. The van der Waals surface area contributed by atoms with Gasteiger partial charge in [0.1, 0.15) is 5.75 Å². The molecule has 4 fully saturated rings. The lowest BCUT2D eigenvalue weighted by Crippen LogP contribution is -2.42. The van der Waals surface area contributed by atoms with Gasteiger partial charge in [-0.2, -0.15) is 13.2 Å². The number of allylic oxidation sites excluding steroid dienone is 1. The molecule has 1 aromatic rings. The zero-order chi connectivity index (χ0) is 26.6. The number of benzene rings is 1. The third kappa shape index (κ3) is 6.46. The maximum absolute atomic E-state index is 13.0. The van der Waals surface area contributed by atoms with Crippen LogP contribution in [0.2, 0.25) is 0 Å². The molecule has 5 rings (SSSR count). The summed E-state index contributed by atoms with van der Waals surface area (Å²) in [6, 6.07) is 4.84. The number of ether oxygens (including phenoxy) is 6. The molecular formula is C28H35F3O7. The Balaban J connectivity index is 1.28. The van der Waals surface area contributed by atoms with E-state index in [0.29, 0.717) is 38.2 Å². The van der Waals surface area contributed by atoms with Crippen molar-refractivity contribution in [1.82, 2.24) is 0 Å². The van der Waals surface area contributed by atoms with Crippen molar-refractivity contribution in [2.45, 2.75) is 88.8 Å². The van der Waals surface area contributed by atoms with Crippen molar-refractivity contribution in [3.8, 4) is 5.75 Å². The van der Waals surface area contributed by atoms with E-state index in [4.69, 9.17) is 28.4 Å². The Hall–Kier alpha value is -2.30. The molecule has 0 bridgehead atoms. The molecule has 0 spiro atoms. The minimum Gasteiger partial charge on any atom is -0.493 e. The topological polar surface area (TPSA) is 72.5 Å². The first-order valence-electron chi connectivity index (χ1n) is 13.6. The van der Waals surface area contributed by atoms with Crippen LogP contribution in [0.15, 0.2) is 36.1 Å². The van der Waals surface area contributed by atoms with Crippen molar-refractivity contribution in [2.75, 3.05) is 19.8 Å². The van der Waals surface area contributed by atoms with E-state index in [0.717, 1.165) is 50.7 Å². The maximum atomic E-state index is 13.0. The first kappa shape index (κ1) is 27.3. The van der Waals surface area contributed by atoms with E-state index in [-0.39, 0.29) is 42.9 Å². The Labute approximate surface area is 220 Å². The number of halogens is 3. The normalized spacial score (nSPS) is 32.1. The molecule has 1 saturated carbocycles. The molecule has 3 aliphatic heterocycles. The van der Waals surface area contributed by atoms with Crippen LogP contribution in [0.5, 0.6) is 5.75 Å². The van der Waals surface area contributed by atoms with E-state index in [1.807, 2.05) is 6.08 Å². The fourth-order valence-corrected chi connectivity index (χ4v) is 5.81. The summed E-state index contributed by atoms with van der Waals surface area (Å²) in [6.45, 7) is 1.42. The molecule has 38 heavy (non-hydrogen) atoms. The second-order valence-electron chi connectivity index (χ2n) is 10.3. The smallest absolute Gasteiger partial charge is 0.416 e. The first-order chi connectivity index (χ1) is 18.3. The average molecular weight is 541 g/mol. The Bertz CT molecular complexity index is 985. The van der Waals surface area contributed by atoms with Crippen LogP contribution in [0.3, 0.4) is 0 Å². The van der Waals surface area contributed by atoms with Gasteiger partial charge >= 0.3 is 12.1 Å². The van der Waals surface area contributed by atoms with Crippen LogP contribution in [0.4, 0.5) is 13.2 Å². The van der Waals surface area contributed by atoms with Crippen molar-refractivity contribution in [3.05, 3.63) is 41.7 Å². The molecule has 3 saturated heterocycles. The molecule has 7 nitrogen and oxygen atoms in total. The van der Waals surface area contributed by atoms with Gasteiger partial charge in [-0.15, -0.1) is 0 Å². The van der Waals surface area contributed by atoms with Crippen LogP contribution in [0.25, 0.3) is 0 Å². The van der Waals surface area contributed by atoms with E-state index in [1.54, 1.807) is 0 Å². The van der Waals surface area contributed by atoms with Crippen molar-refractivity contribution >= 4 is 5.97 Å². The average Bonchev–Trinajstić information content (AvgIpc) is 3.40. The zero-order valence-electron chi connectivity index (χ0n) is 21.4. The zero-order valence-corrected chi connectivity index (χ0v) is 21.4. The molecule has 5 atom stereocenters. The number of esters is 1. The molecule has 0 amide bonds. The highest BCUT2D eigenvalue weighted by Gasteiger charge is 2.60. The van der Waals surface area contributed by atoms with Crippen molar-refractivity contribution in [2.24, 2.45) is 11.8 Å². The van der Waals surface area contributed by atoms with Crippen LogP contribution < -0.4 is 4.74 Å². The molecule has 0 radical (unpaired) electrons. The Morgan fingerprint density at radius 3 is 2.53 bits per heavy atom. The highest BCUT2D eigenvalue weighted by Crippen LogP contribution is 2.53. The van der Waals surface area contributed by atoms with Crippen LogP contribution in [-0.2, 0) is 34.7 Å². The maximum Gasteiger partial charge on any atom is 0.416 e. The molecule has 1 aliphatic carbocycles. The van der Waals surface area contributed by atoms with E-state index in [9.17, 15) is 18.0 Å². The van der Waals surface area contributed by atoms with Crippen molar-refractivity contribution < 1.29 is 46.4 Å². The van der Waals surface area contributed by atoms with Gasteiger partial charge in [-0.25, -0.2) is 0 Å². The summed E-state index contributed by atoms with van der Waals surface area (Å²) in [5.41, 5.74) is -0.751. The number of hydrogen-bond acceptors (Lipinski definition) is 7. The minimum absolute atomic E-state index is 0.121. The predicted molar refractivity (Wildman–Crippen MR) is 129 cm³/mol. The number of alkyl halides is 3. The van der Waals surface area contributed by atoms with E-state index in [2.05, 4.69) is 0 Å². The summed E-state index contributed by atoms with van der Waals surface area (Å²) in [7, 11) is 0. The number of carbonyl (C=O) groups excluding carboxylic acids is 1. The summed E-state index contributed by atoms with van der Waals surface area (Å²) in [4.78, 5) is 12.4. The molecule has 0 aromatic heterocycles. The van der Waals surface area contributed by atoms with E-state index >= 15 is 0 Å². The van der Waals surface area contributed by atoms with Gasteiger partial charge in [-0.1, -0.05) is 6.07 Å². The van der Waals surface area contributed by atoms with Gasteiger partial charge in [0.05, 0.1) is 31.0 Å². The molecule has 10 heteroatoms. The minimum atomic E-state index is -4.43. The number of carbonyl (C=O) groups is 1. The van der Waals surface area contributed by atoms with E-state index in [1.165, 1.54) is 12.1 Å². The summed E-state index contributed by atoms with van der Waals surface area (Å²) in [5.74, 6) is -0.820. The second kappa shape index (κ2) is 11.8.